The predicted octanol–water partition coefficient (Wildman–Crippen LogP) is 5.60. The van der Waals surface area contributed by atoms with E-state index in [4.69, 9.17) is 0 Å². The Kier molecular flexibility index (Phi) is 6.19. The van der Waals surface area contributed by atoms with E-state index in [1.807, 2.05) is 56.0 Å². The number of nitrogens with zero attached hydrogens (tertiary/aromatic N) is 2. The summed E-state index contributed by atoms with van der Waals surface area (Å²) in [7, 11) is 0. The summed E-state index contributed by atoms with van der Waals surface area (Å²) in [5, 5.41) is 3.03. The van der Waals surface area contributed by atoms with Crippen LogP contribution < -0.4 is 5.32 Å². The molecule has 0 aliphatic rings. The monoisotopic (exact) mass is 375 g/mol. The highest BCUT2D eigenvalue weighted by atomic mass is 16.2. The number of hydrogen-bond donors (Lipinski definition) is 1. The van der Waals surface area contributed by atoms with Gasteiger partial charge in [-0.2, -0.15) is 0 Å². The molecule has 0 unspecified atom stereocenters. The van der Waals surface area contributed by atoms with Crippen LogP contribution >= 0.6 is 0 Å². The highest BCUT2D eigenvalue weighted by Crippen LogP contribution is 2.16. The average molecular weight is 376 g/mol. The topological polar surface area (TPSA) is 37.3 Å². The fourth-order valence-electron chi connectivity index (χ4n) is 3.22. The van der Waals surface area contributed by atoms with Crippen LogP contribution in [-0.4, -0.2) is 21.5 Å². The molecular weight excluding hydrogens is 346 g/mol. The Morgan fingerprint density at radius 2 is 1.75 bits per heavy atom. The molecule has 0 radical (unpaired) electrons. The highest BCUT2D eigenvalue weighted by molar-refractivity contribution is 5.89. The zero-order chi connectivity index (χ0) is 20.1. The number of rotatable bonds is 6. The largest absolute Gasteiger partial charge is 0.345 e. The van der Waals surface area contributed by atoms with Crippen molar-refractivity contribution in [2.24, 2.45) is 0 Å². The van der Waals surface area contributed by atoms with E-state index < -0.39 is 0 Å². The first-order chi connectivity index (χ1) is 13.4. The third kappa shape index (κ3) is 5.03. The molecule has 0 saturated carbocycles. The van der Waals surface area contributed by atoms with E-state index in [1.54, 1.807) is 0 Å². The van der Waals surface area contributed by atoms with Crippen molar-refractivity contribution in [3.05, 3.63) is 89.2 Å². The molecule has 28 heavy (non-hydrogen) atoms. The van der Waals surface area contributed by atoms with Gasteiger partial charge >= 0.3 is 6.03 Å². The Morgan fingerprint density at radius 1 is 1.00 bits per heavy atom. The predicted molar refractivity (Wildman–Crippen MR) is 116 cm³/mol. The number of benzene rings is 2. The number of hydrogen-bond acceptors (Lipinski definition) is 1. The lowest BCUT2D eigenvalue weighted by molar-refractivity contribution is 0.192. The fourth-order valence-corrected chi connectivity index (χ4v) is 3.22. The van der Waals surface area contributed by atoms with Gasteiger partial charge < -0.3 is 14.8 Å². The smallest absolute Gasteiger partial charge is 0.322 e. The molecule has 2 aromatic carbocycles. The molecule has 0 spiro atoms. The SMILES string of the molecule is Cc1ccc(Cn2cccc2CN(C(=O)Nc2cccc(C)c2)C(C)C)cc1. The minimum Gasteiger partial charge on any atom is -0.345 e. The van der Waals surface area contributed by atoms with Gasteiger partial charge in [-0.3, -0.25) is 0 Å². The van der Waals surface area contributed by atoms with E-state index in [2.05, 4.69) is 53.3 Å². The second kappa shape index (κ2) is 8.79. The van der Waals surface area contributed by atoms with Gasteiger partial charge in [0.1, 0.15) is 0 Å². The van der Waals surface area contributed by atoms with E-state index in [1.165, 1.54) is 11.1 Å². The van der Waals surface area contributed by atoms with Crippen LogP contribution in [0.25, 0.3) is 0 Å². The maximum atomic E-state index is 12.9. The van der Waals surface area contributed by atoms with Crippen molar-refractivity contribution < 1.29 is 4.79 Å². The van der Waals surface area contributed by atoms with Gasteiger partial charge in [-0.25, -0.2) is 4.79 Å². The molecule has 4 heteroatoms. The van der Waals surface area contributed by atoms with E-state index in [9.17, 15) is 4.79 Å². The summed E-state index contributed by atoms with van der Waals surface area (Å²) in [6, 6.07) is 20.6. The minimum atomic E-state index is -0.0799. The molecule has 0 atom stereocenters. The van der Waals surface area contributed by atoms with Crippen LogP contribution in [0.2, 0.25) is 0 Å². The second-order valence-corrected chi connectivity index (χ2v) is 7.63. The third-order valence-electron chi connectivity index (χ3n) is 4.88. The van der Waals surface area contributed by atoms with Crippen LogP contribution in [0.1, 0.15) is 36.2 Å². The Bertz CT molecular complexity index is 925. The number of carbonyl (C=O) groups is 1. The van der Waals surface area contributed by atoms with Gasteiger partial charge in [-0.05, 0) is 63.1 Å². The minimum absolute atomic E-state index is 0.0799. The van der Waals surface area contributed by atoms with E-state index >= 15 is 0 Å². The van der Waals surface area contributed by atoms with Gasteiger partial charge in [0.05, 0.1) is 6.54 Å². The third-order valence-corrected chi connectivity index (χ3v) is 4.88. The summed E-state index contributed by atoms with van der Waals surface area (Å²) in [5.74, 6) is 0. The number of nitrogens with one attached hydrogen (secondary N) is 1. The van der Waals surface area contributed by atoms with Crippen LogP contribution in [0.15, 0.2) is 66.9 Å². The zero-order valence-electron chi connectivity index (χ0n) is 17.1. The lowest BCUT2D eigenvalue weighted by Crippen LogP contribution is -2.40. The molecule has 0 bridgehead atoms. The van der Waals surface area contributed by atoms with Crippen molar-refractivity contribution in [2.45, 2.75) is 46.8 Å². The summed E-state index contributed by atoms with van der Waals surface area (Å²) < 4.78 is 2.21. The van der Waals surface area contributed by atoms with Gasteiger partial charge in [0.15, 0.2) is 0 Å². The van der Waals surface area contributed by atoms with Gasteiger partial charge in [-0.15, -0.1) is 0 Å². The zero-order valence-corrected chi connectivity index (χ0v) is 17.1. The van der Waals surface area contributed by atoms with Gasteiger partial charge in [-0.1, -0.05) is 42.0 Å². The molecule has 1 aromatic heterocycles. The quantitative estimate of drug-likeness (QED) is 0.598. The van der Waals surface area contributed by atoms with E-state index in [-0.39, 0.29) is 12.1 Å². The highest BCUT2D eigenvalue weighted by Gasteiger charge is 2.19. The molecule has 2 amide bonds. The van der Waals surface area contributed by atoms with Crippen molar-refractivity contribution in [1.29, 1.82) is 0 Å². The molecule has 1 heterocycles. The van der Waals surface area contributed by atoms with Crippen molar-refractivity contribution in [1.82, 2.24) is 9.47 Å². The lowest BCUT2D eigenvalue weighted by atomic mass is 10.1. The van der Waals surface area contributed by atoms with Crippen LogP contribution in [0.5, 0.6) is 0 Å². The standard InChI is InChI=1S/C24H29N3O/c1-18(2)27(24(28)25-22-8-5-7-20(4)15-22)17-23-9-6-14-26(23)16-21-12-10-19(3)11-13-21/h5-15,18H,16-17H2,1-4H3,(H,25,28). The molecule has 1 N–H and O–H groups in total. The van der Waals surface area contributed by atoms with Crippen molar-refractivity contribution in [3.8, 4) is 0 Å². The van der Waals surface area contributed by atoms with Gasteiger partial charge in [0.2, 0.25) is 0 Å². The average Bonchev–Trinajstić information content (AvgIpc) is 3.08. The fraction of sp³-hybridized carbons (Fsp3) is 0.292. The lowest BCUT2D eigenvalue weighted by Gasteiger charge is -2.27. The molecule has 0 saturated heterocycles. The second-order valence-electron chi connectivity index (χ2n) is 7.63. The summed E-state index contributed by atoms with van der Waals surface area (Å²) in [4.78, 5) is 14.8. The van der Waals surface area contributed by atoms with Crippen molar-refractivity contribution >= 4 is 11.7 Å². The van der Waals surface area contributed by atoms with Gasteiger partial charge in [0, 0.05) is 30.2 Å². The summed E-state index contributed by atoms with van der Waals surface area (Å²) in [5.41, 5.74) is 5.58. The number of anilines is 1. The molecule has 3 aromatic rings. The normalized spacial score (nSPS) is 10.9. The first kappa shape index (κ1) is 19.7. The van der Waals surface area contributed by atoms with Crippen LogP contribution in [0, 0.1) is 13.8 Å². The number of amides is 2. The number of carbonyl (C=O) groups excluding carboxylic acids is 1. The summed E-state index contributed by atoms with van der Waals surface area (Å²) >= 11 is 0. The maximum Gasteiger partial charge on any atom is 0.322 e. The summed E-state index contributed by atoms with van der Waals surface area (Å²) in [6.45, 7) is 9.57. The number of aromatic nitrogens is 1. The first-order valence-corrected chi connectivity index (χ1v) is 9.76. The molecule has 0 aliphatic heterocycles. The van der Waals surface area contributed by atoms with Crippen LogP contribution in [0.4, 0.5) is 10.5 Å². The molecule has 0 aliphatic carbocycles. The Balaban J connectivity index is 1.73. The summed E-state index contributed by atoms with van der Waals surface area (Å²) in [6.07, 6.45) is 2.08. The van der Waals surface area contributed by atoms with E-state index in [0.717, 1.165) is 23.5 Å². The molecule has 3 rings (SSSR count). The van der Waals surface area contributed by atoms with Crippen LogP contribution in [0.3, 0.4) is 0 Å². The van der Waals surface area contributed by atoms with Crippen LogP contribution in [-0.2, 0) is 13.1 Å². The molecular formula is C24H29N3O. The Hall–Kier alpha value is -3.01. The van der Waals surface area contributed by atoms with E-state index in [0.29, 0.717) is 6.54 Å². The number of urea groups is 1. The maximum absolute atomic E-state index is 12.9. The van der Waals surface area contributed by atoms with Crippen molar-refractivity contribution in [3.63, 3.8) is 0 Å². The van der Waals surface area contributed by atoms with Gasteiger partial charge in [0.25, 0.3) is 0 Å². The first-order valence-electron chi connectivity index (χ1n) is 9.76. The Morgan fingerprint density at radius 3 is 2.43 bits per heavy atom. The molecule has 4 nitrogen and oxygen atoms in total. The Labute approximate surface area is 167 Å². The van der Waals surface area contributed by atoms with Crippen molar-refractivity contribution in [2.75, 3.05) is 5.32 Å². The number of aryl methyl sites for hydroxylation is 2. The molecule has 0 fully saturated rings. The molecule has 146 valence electrons.